The molecule has 0 bridgehead atoms. The van der Waals surface area contributed by atoms with Crippen LogP contribution in [-0.2, 0) is 15.7 Å². The van der Waals surface area contributed by atoms with Crippen molar-refractivity contribution in [3.05, 3.63) is 23.9 Å². The predicted molar refractivity (Wildman–Crippen MR) is 70.4 cm³/mol. The molecule has 1 N–H and O–H groups in total. The zero-order valence-electron chi connectivity index (χ0n) is 11.6. The maximum Gasteiger partial charge on any atom is 0.419 e. The SMILES string of the molecule is O=C(O)[C@]12COCC[C@H]1CN(c1ncccc1C(F)(F)F)C2. The van der Waals surface area contributed by atoms with Crippen LogP contribution in [0.25, 0.3) is 0 Å². The molecule has 3 rings (SSSR count). The summed E-state index contributed by atoms with van der Waals surface area (Å²) in [5.41, 5.74) is -1.99. The number of pyridine rings is 1. The van der Waals surface area contributed by atoms with Crippen molar-refractivity contribution in [2.24, 2.45) is 11.3 Å². The number of hydrogen-bond acceptors (Lipinski definition) is 4. The Balaban J connectivity index is 1.97. The lowest BCUT2D eigenvalue weighted by molar-refractivity contribution is -0.159. The molecule has 2 aliphatic rings. The number of carboxylic acid groups (broad SMARTS) is 1. The molecule has 0 radical (unpaired) electrons. The molecule has 120 valence electrons. The Labute approximate surface area is 124 Å². The molecule has 2 fully saturated rings. The lowest BCUT2D eigenvalue weighted by Crippen LogP contribution is -2.46. The van der Waals surface area contributed by atoms with Crippen molar-refractivity contribution in [1.82, 2.24) is 4.98 Å². The number of aliphatic carboxylic acids is 1. The lowest BCUT2D eigenvalue weighted by Gasteiger charge is -2.33. The van der Waals surface area contributed by atoms with Crippen LogP contribution in [0.5, 0.6) is 0 Å². The number of ether oxygens (including phenoxy) is 1. The molecule has 0 saturated carbocycles. The van der Waals surface area contributed by atoms with E-state index in [1.54, 1.807) is 0 Å². The number of nitrogens with zero attached hydrogens (tertiary/aromatic N) is 2. The van der Waals surface area contributed by atoms with E-state index in [1.165, 1.54) is 17.2 Å². The van der Waals surface area contributed by atoms with Gasteiger partial charge in [0.05, 0.1) is 12.2 Å². The molecular weight excluding hydrogens is 301 g/mol. The summed E-state index contributed by atoms with van der Waals surface area (Å²) in [6.07, 6.45) is -2.71. The molecule has 0 amide bonds. The molecule has 2 saturated heterocycles. The summed E-state index contributed by atoms with van der Waals surface area (Å²) in [6, 6.07) is 2.19. The van der Waals surface area contributed by atoms with Gasteiger partial charge < -0.3 is 14.7 Å². The second kappa shape index (κ2) is 5.12. The molecule has 0 aliphatic carbocycles. The van der Waals surface area contributed by atoms with Crippen molar-refractivity contribution in [1.29, 1.82) is 0 Å². The fraction of sp³-hybridized carbons (Fsp3) is 0.571. The highest BCUT2D eigenvalue weighted by molar-refractivity contribution is 5.78. The van der Waals surface area contributed by atoms with Gasteiger partial charge in [0.15, 0.2) is 0 Å². The quantitative estimate of drug-likeness (QED) is 0.904. The summed E-state index contributed by atoms with van der Waals surface area (Å²) in [5, 5.41) is 9.54. The molecule has 22 heavy (non-hydrogen) atoms. The molecule has 1 aromatic rings. The van der Waals surface area contributed by atoms with Crippen LogP contribution in [0.2, 0.25) is 0 Å². The fourth-order valence-electron chi connectivity index (χ4n) is 3.32. The minimum atomic E-state index is -4.52. The van der Waals surface area contributed by atoms with Crippen LogP contribution in [0, 0.1) is 11.3 Å². The van der Waals surface area contributed by atoms with E-state index in [2.05, 4.69) is 4.98 Å². The van der Waals surface area contributed by atoms with Gasteiger partial charge in [-0.25, -0.2) is 4.98 Å². The van der Waals surface area contributed by atoms with Gasteiger partial charge in [0.2, 0.25) is 0 Å². The van der Waals surface area contributed by atoms with Crippen molar-refractivity contribution < 1.29 is 27.8 Å². The molecule has 5 nitrogen and oxygen atoms in total. The first-order chi connectivity index (χ1) is 10.3. The lowest BCUT2D eigenvalue weighted by atomic mass is 9.76. The van der Waals surface area contributed by atoms with Crippen molar-refractivity contribution in [3.63, 3.8) is 0 Å². The predicted octanol–water partition coefficient (Wildman–Crippen LogP) is 2.03. The Bertz CT molecular complexity index is 593. The van der Waals surface area contributed by atoms with Crippen LogP contribution in [0.15, 0.2) is 18.3 Å². The third-order valence-corrected chi connectivity index (χ3v) is 4.48. The Morgan fingerprint density at radius 1 is 1.50 bits per heavy atom. The maximum absolute atomic E-state index is 13.1. The summed E-state index contributed by atoms with van der Waals surface area (Å²) < 4.78 is 44.6. The molecule has 2 atom stereocenters. The van der Waals surface area contributed by atoms with Crippen LogP contribution in [0.3, 0.4) is 0 Å². The summed E-state index contributed by atoms with van der Waals surface area (Å²) in [7, 11) is 0. The zero-order chi connectivity index (χ0) is 16.0. The third kappa shape index (κ3) is 2.31. The Hall–Kier alpha value is -1.83. The van der Waals surface area contributed by atoms with Gasteiger partial charge in [-0.05, 0) is 24.5 Å². The standard InChI is InChI=1S/C14H15F3N2O3/c15-14(16,17)10-2-1-4-18-11(10)19-6-9-3-5-22-8-13(9,7-19)12(20)21/h1-2,4,9H,3,5-8H2,(H,20,21)/t9-,13+/m0/s1. The van der Waals surface area contributed by atoms with Crippen molar-refractivity contribution in [2.45, 2.75) is 12.6 Å². The van der Waals surface area contributed by atoms with Crippen LogP contribution < -0.4 is 4.90 Å². The van der Waals surface area contributed by atoms with Gasteiger partial charge in [0.25, 0.3) is 0 Å². The van der Waals surface area contributed by atoms with Crippen molar-refractivity contribution in [3.8, 4) is 0 Å². The number of anilines is 1. The highest BCUT2D eigenvalue weighted by atomic mass is 19.4. The van der Waals surface area contributed by atoms with Gasteiger partial charge in [-0.15, -0.1) is 0 Å². The normalized spacial score (nSPS) is 28.5. The zero-order valence-corrected chi connectivity index (χ0v) is 11.6. The van der Waals surface area contributed by atoms with Gasteiger partial charge >= 0.3 is 12.1 Å². The van der Waals surface area contributed by atoms with E-state index in [9.17, 15) is 23.1 Å². The summed E-state index contributed by atoms with van der Waals surface area (Å²) >= 11 is 0. The largest absolute Gasteiger partial charge is 0.481 e. The summed E-state index contributed by atoms with van der Waals surface area (Å²) in [4.78, 5) is 16.9. The fourth-order valence-corrected chi connectivity index (χ4v) is 3.32. The Kier molecular flexibility index (Phi) is 3.51. The van der Waals surface area contributed by atoms with E-state index in [4.69, 9.17) is 4.74 Å². The number of alkyl halides is 3. The first-order valence-corrected chi connectivity index (χ1v) is 6.93. The van der Waals surface area contributed by atoms with Crippen LogP contribution in [0.1, 0.15) is 12.0 Å². The van der Waals surface area contributed by atoms with E-state index >= 15 is 0 Å². The molecule has 0 spiro atoms. The first kappa shape index (κ1) is 15.1. The molecule has 2 aliphatic heterocycles. The van der Waals surface area contributed by atoms with Crippen LogP contribution in [-0.4, -0.2) is 42.4 Å². The highest BCUT2D eigenvalue weighted by Gasteiger charge is 2.55. The van der Waals surface area contributed by atoms with Crippen molar-refractivity contribution in [2.75, 3.05) is 31.2 Å². The minimum Gasteiger partial charge on any atom is -0.481 e. The Morgan fingerprint density at radius 3 is 2.91 bits per heavy atom. The molecule has 3 heterocycles. The molecule has 0 unspecified atom stereocenters. The number of hydrogen-bond donors (Lipinski definition) is 1. The molecule has 1 aromatic heterocycles. The monoisotopic (exact) mass is 316 g/mol. The smallest absolute Gasteiger partial charge is 0.419 e. The van der Waals surface area contributed by atoms with Gasteiger partial charge in [-0.3, -0.25) is 4.79 Å². The summed E-state index contributed by atoms with van der Waals surface area (Å²) in [5.74, 6) is -1.46. The third-order valence-electron chi connectivity index (χ3n) is 4.48. The molecule has 8 heteroatoms. The van der Waals surface area contributed by atoms with Gasteiger partial charge in [0.1, 0.15) is 11.2 Å². The molecule has 0 aromatic carbocycles. The second-order valence-corrected chi connectivity index (χ2v) is 5.75. The van der Waals surface area contributed by atoms with E-state index in [0.29, 0.717) is 13.0 Å². The molecular formula is C14H15F3N2O3. The van der Waals surface area contributed by atoms with Crippen LogP contribution >= 0.6 is 0 Å². The van der Waals surface area contributed by atoms with Crippen LogP contribution in [0.4, 0.5) is 19.0 Å². The number of carbonyl (C=O) groups is 1. The average molecular weight is 316 g/mol. The Morgan fingerprint density at radius 2 is 2.27 bits per heavy atom. The topological polar surface area (TPSA) is 62.7 Å². The number of halogens is 3. The van der Waals surface area contributed by atoms with E-state index in [-0.39, 0.29) is 31.4 Å². The number of rotatable bonds is 2. The van der Waals surface area contributed by atoms with Gasteiger partial charge in [0, 0.05) is 25.9 Å². The summed E-state index contributed by atoms with van der Waals surface area (Å²) in [6.45, 7) is 0.683. The highest BCUT2D eigenvalue weighted by Crippen LogP contribution is 2.45. The van der Waals surface area contributed by atoms with E-state index in [0.717, 1.165) is 6.07 Å². The number of fused-ring (bicyclic) bond motifs is 1. The maximum atomic E-state index is 13.1. The van der Waals surface area contributed by atoms with Gasteiger partial charge in [-0.1, -0.05) is 0 Å². The first-order valence-electron chi connectivity index (χ1n) is 6.93. The van der Waals surface area contributed by atoms with E-state index in [1.807, 2.05) is 0 Å². The number of carboxylic acids is 1. The average Bonchev–Trinajstić information content (AvgIpc) is 2.87. The minimum absolute atomic E-state index is 0.0207. The second-order valence-electron chi connectivity index (χ2n) is 5.75. The number of aromatic nitrogens is 1. The van der Waals surface area contributed by atoms with Crippen molar-refractivity contribution >= 4 is 11.8 Å². The van der Waals surface area contributed by atoms with Gasteiger partial charge in [-0.2, -0.15) is 13.2 Å². The van der Waals surface area contributed by atoms with E-state index < -0.39 is 23.1 Å².